The fraction of sp³-hybridized carbons (Fsp3) is 0. The molecule has 1 N–H and O–H groups in total. The molecule has 0 atom stereocenters. The largest absolute Gasteiger partial charge is 0.478 e. The first kappa shape index (κ1) is 11.9. The Morgan fingerprint density at radius 2 is 1.89 bits per heavy atom. The van der Waals surface area contributed by atoms with Crippen LogP contribution >= 0.6 is 15.9 Å². The second kappa shape index (κ2) is 4.51. The fourth-order valence-electron chi connectivity index (χ4n) is 2.02. The van der Waals surface area contributed by atoms with E-state index in [4.69, 9.17) is 5.11 Å². The topological polar surface area (TPSA) is 55.1 Å². The molecule has 1 heterocycles. The van der Waals surface area contributed by atoms with Crippen molar-refractivity contribution < 1.29 is 9.90 Å². The Labute approximate surface area is 117 Å². The third kappa shape index (κ3) is 2.02. The van der Waals surface area contributed by atoms with Crippen LogP contribution in [0.15, 0.2) is 53.3 Å². The summed E-state index contributed by atoms with van der Waals surface area (Å²) >= 11 is 3.39. The number of nitrogens with zero attached hydrogens (tertiary/aromatic N) is 2. The first-order chi connectivity index (χ1) is 9.16. The minimum Gasteiger partial charge on any atom is -0.478 e. The number of hydrogen-bond acceptors (Lipinski definition) is 2. The lowest BCUT2D eigenvalue weighted by atomic mass is 10.2. The van der Waals surface area contributed by atoms with E-state index in [0.29, 0.717) is 5.52 Å². The Balaban J connectivity index is 2.24. The first-order valence-electron chi connectivity index (χ1n) is 5.62. The van der Waals surface area contributed by atoms with Crippen LogP contribution in [0.4, 0.5) is 0 Å². The van der Waals surface area contributed by atoms with Gasteiger partial charge in [-0.3, -0.25) is 4.57 Å². The maximum atomic E-state index is 11.1. The molecule has 4 nitrogen and oxygen atoms in total. The van der Waals surface area contributed by atoms with Crippen LogP contribution in [0.3, 0.4) is 0 Å². The van der Waals surface area contributed by atoms with Crippen LogP contribution in [-0.2, 0) is 0 Å². The lowest BCUT2D eigenvalue weighted by Crippen LogP contribution is -1.97. The number of benzene rings is 2. The molecule has 0 aliphatic rings. The van der Waals surface area contributed by atoms with Crippen molar-refractivity contribution in [1.82, 2.24) is 9.55 Å². The van der Waals surface area contributed by atoms with E-state index in [1.54, 1.807) is 18.5 Å². The van der Waals surface area contributed by atoms with Crippen molar-refractivity contribution in [2.45, 2.75) is 0 Å². The van der Waals surface area contributed by atoms with Gasteiger partial charge in [-0.1, -0.05) is 22.0 Å². The Kier molecular flexibility index (Phi) is 2.83. The average molecular weight is 317 g/mol. The molecule has 3 aromatic rings. The van der Waals surface area contributed by atoms with Crippen molar-refractivity contribution in [3.05, 3.63) is 58.8 Å². The molecule has 5 heteroatoms. The van der Waals surface area contributed by atoms with Crippen molar-refractivity contribution in [3.63, 3.8) is 0 Å². The van der Waals surface area contributed by atoms with E-state index in [-0.39, 0.29) is 5.56 Å². The van der Waals surface area contributed by atoms with Crippen LogP contribution in [0.2, 0.25) is 0 Å². The van der Waals surface area contributed by atoms with Crippen molar-refractivity contribution in [2.75, 3.05) is 0 Å². The summed E-state index contributed by atoms with van der Waals surface area (Å²) in [6.45, 7) is 0. The van der Waals surface area contributed by atoms with Gasteiger partial charge in [0.2, 0.25) is 0 Å². The van der Waals surface area contributed by atoms with Crippen molar-refractivity contribution in [1.29, 1.82) is 0 Å². The number of carboxylic acids is 1. The monoisotopic (exact) mass is 316 g/mol. The number of rotatable bonds is 2. The molecule has 3 rings (SSSR count). The summed E-state index contributed by atoms with van der Waals surface area (Å²) in [7, 11) is 0. The lowest BCUT2D eigenvalue weighted by Gasteiger charge is -2.04. The average Bonchev–Trinajstić information content (AvgIpc) is 2.83. The summed E-state index contributed by atoms with van der Waals surface area (Å²) in [5, 5.41) is 9.14. The summed E-state index contributed by atoms with van der Waals surface area (Å²) in [6.07, 6.45) is 1.64. The normalized spacial score (nSPS) is 10.8. The highest BCUT2D eigenvalue weighted by Crippen LogP contribution is 2.22. The van der Waals surface area contributed by atoms with Gasteiger partial charge in [-0.2, -0.15) is 0 Å². The van der Waals surface area contributed by atoms with Crippen LogP contribution in [0.1, 0.15) is 10.4 Å². The van der Waals surface area contributed by atoms with Crippen LogP contribution in [0.5, 0.6) is 0 Å². The highest BCUT2D eigenvalue weighted by molar-refractivity contribution is 9.10. The molecule has 0 bridgehead atoms. The van der Waals surface area contributed by atoms with E-state index in [2.05, 4.69) is 20.9 Å². The summed E-state index contributed by atoms with van der Waals surface area (Å²) < 4.78 is 2.86. The van der Waals surface area contributed by atoms with Gasteiger partial charge in [0.05, 0.1) is 11.1 Å². The van der Waals surface area contributed by atoms with Gasteiger partial charge in [-0.05, 0) is 36.4 Å². The van der Waals surface area contributed by atoms with Gasteiger partial charge in [0.25, 0.3) is 0 Å². The number of aromatic nitrogens is 2. The van der Waals surface area contributed by atoms with Crippen molar-refractivity contribution in [2.24, 2.45) is 0 Å². The maximum absolute atomic E-state index is 11.1. The predicted molar refractivity (Wildman–Crippen MR) is 75.7 cm³/mol. The van der Waals surface area contributed by atoms with Gasteiger partial charge < -0.3 is 5.11 Å². The molecule has 0 spiro atoms. The minimum absolute atomic E-state index is 0.216. The zero-order valence-electron chi connectivity index (χ0n) is 9.75. The van der Waals surface area contributed by atoms with E-state index in [9.17, 15) is 4.79 Å². The van der Waals surface area contributed by atoms with Crippen LogP contribution < -0.4 is 0 Å². The zero-order chi connectivity index (χ0) is 13.4. The van der Waals surface area contributed by atoms with E-state index in [1.165, 1.54) is 0 Å². The predicted octanol–water partition coefficient (Wildman–Crippen LogP) is 3.49. The number of hydrogen-bond donors (Lipinski definition) is 1. The Bertz CT molecular complexity index is 763. The number of carboxylic acid groups (broad SMARTS) is 1. The molecule has 0 saturated carbocycles. The molecule has 94 valence electrons. The highest BCUT2D eigenvalue weighted by atomic mass is 79.9. The van der Waals surface area contributed by atoms with Crippen LogP contribution in [-0.4, -0.2) is 20.6 Å². The third-order valence-electron chi connectivity index (χ3n) is 2.91. The summed E-state index contributed by atoms with van der Waals surface area (Å²) in [5.41, 5.74) is 2.43. The van der Waals surface area contributed by atoms with Crippen LogP contribution in [0, 0.1) is 0 Å². The first-order valence-corrected chi connectivity index (χ1v) is 6.41. The molecular formula is C14H9BrN2O2. The molecule has 2 aromatic carbocycles. The second-order valence-electron chi connectivity index (χ2n) is 4.07. The van der Waals surface area contributed by atoms with Crippen LogP contribution in [0.25, 0.3) is 16.7 Å². The molecule has 19 heavy (non-hydrogen) atoms. The molecule has 1 aromatic heterocycles. The van der Waals surface area contributed by atoms with Crippen molar-refractivity contribution in [3.8, 4) is 5.69 Å². The SMILES string of the molecule is O=C(O)c1cccc2c1ncn2-c1ccc(Br)cc1. The molecule has 0 aliphatic heterocycles. The van der Waals surface area contributed by atoms with E-state index in [0.717, 1.165) is 15.7 Å². The van der Waals surface area contributed by atoms with Gasteiger partial charge in [-0.25, -0.2) is 9.78 Å². The minimum atomic E-state index is -0.966. The number of aromatic carboxylic acids is 1. The van der Waals surface area contributed by atoms with Gasteiger partial charge in [0.15, 0.2) is 0 Å². The second-order valence-corrected chi connectivity index (χ2v) is 4.99. The highest BCUT2D eigenvalue weighted by Gasteiger charge is 2.12. The van der Waals surface area contributed by atoms with E-state index in [1.807, 2.05) is 34.9 Å². The Hall–Kier alpha value is -2.14. The van der Waals surface area contributed by atoms with E-state index < -0.39 is 5.97 Å². The van der Waals surface area contributed by atoms with Gasteiger partial charge >= 0.3 is 5.97 Å². The van der Waals surface area contributed by atoms with Gasteiger partial charge in [0.1, 0.15) is 11.8 Å². The number of para-hydroxylation sites is 1. The third-order valence-corrected chi connectivity index (χ3v) is 3.44. The zero-order valence-corrected chi connectivity index (χ0v) is 11.3. The number of halogens is 1. The number of carbonyl (C=O) groups is 1. The molecule has 0 fully saturated rings. The molecule has 0 amide bonds. The molecule has 0 unspecified atom stereocenters. The van der Waals surface area contributed by atoms with E-state index >= 15 is 0 Å². The molecule has 0 radical (unpaired) electrons. The summed E-state index contributed by atoms with van der Waals surface area (Å²) in [5.74, 6) is -0.966. The number of fused-ring (bicyclic) bond motifs is 1. The maximum Gasteiger partial charge on any atom is 0.337 e. The molecule has 0 saturated heterocycles. The lowest BCUT2D eigenvalue weighted by molar-refractivity contribution is 0.0699. The van der Waals surface area contributed by atoms with Crippen molar-refractivity contribution >= 4 is 32.9 Å². The number of imidazole rings is 1. The summed E-state index contributed by atoms with van der Waals surface area (Å²) in [6, 6.07) is 12.9. The smallest absolute Gasteiger partial charge is 0.337 e. The van der Waals surface area contributed by atoms with Gasteiger partial charge in [0, 0.05) is 10.2 Å². The fourth-order valence-corrected chi connectivity index (χ4v) is 2.28. The Morgan fingerprint density at radius 1 is 1.16 bits per heavy atom. The Morgan fingerprint density at radius 3 is 2.58 bits per heavy atom. The summed E-state index contributed by atoms with van der Waals surface area (Å²) in [4.78, 5) is 15.4. The van der Waals surface area contributed by atoms with Gasteiger partial charge in [-0.15, -0.1) is 0 Å². The molecule has 0 aliphatic carbocycles. The standard InChI is InChI=1S/C14H9BrN2O2/c15-9-4-6-10(7-5-9)17-8-16-13-11(14(18)19)2-1-3-12(13)17/h1-8H,(H,18,19). The molecular weight excluding hydrogens is 308 g/mol. The quantitative estimate of drug-likeness (QED) is 0.787.